The number of nitrogen functional groups attached to an aromatic ring is 1. The highest BCUT2D eigenvalue weighted by atomic mass is 32.1. The van der Waals surface area contributed by atoms with E-state index in [-0.39, 0.29) is 5.91 Å². The number of anilines is 2. The molecule has 0 fully saturated rings. The summed E-state index contributed by atoms with van der Waals surface area (Å²) in [7, 11) is 0. The lowest BCUT2D eigenvalue weighted by Gasteiger charge is -2.18. The molecule has 1 aliphatic rings. The van der Waals surface area contributed by atoms with Gasteiger partial charge in [0, 0.05) is 22.3 Å². The normalized spacial score (nSPS) is 13.1. The number of hydrogen-bond donors (Lipinski definition) is 2. The van der Waals surface area contributed by atoms with E-state index < -0.39 is 0 Å². The van der Waals surface area contributed by atoms with Crippen molar-refractivity contribution in [3.05, 3.63) is 34.0 Å². The molecule has 1 aromatic carbocycles. The van der Waals surface area contributed by atoms with E-state index in [9.17, 15) is 4.79 Å². The van der Waals surface area contributed by atoms with Gasteiger partial charge in [-0.05, 0) is 25.1 Å². The summed E-state index contributed by atoms with van der Waals surface area (Å²) >= 11 is 1.38. The average molecular weight is 290 g/mol. The third kappa shape index (κ3) is 2.42. The Kier molecular flexibility index (Phi) is 3.23. The van der Waals surface area contributed by atoms with Crippen molar-refractivity contribution >= 4 is 28.6 Å². The molecule has 0 bridgehead atoms. The predicted octanol–water partition coefficient (Wildman–Crippen LogP) is 2.66. The largest absolute Gasteiger partial charge is 0.486 e. The number of carbonyl (C=O) groups excluding carboxylic acids is 1. The zero-order chi connectivity index (χ0) is 14.1. The molecule has 5 nitrogen and oxygen atoms in total. The number of amides is 1. The fourth-order valence-electron chi connectivity index (χ4n) is 1.92. The Morgan fingerprint density at radius 2 is 2.00 bits per heavy atom. The molecule has 1 aliphatic heterocycles. The Morgan fingerprint density at radius 3 is 2.70 bits per heavy atom. The second-order valence-electron chi connectivity index (χ2n) is 4.43. The molecule has 0 radical (unpaired) electrons. The molecule has 3 rings (SSSR count). The van der Waals surface area contributed by atoms with Gasteiger partial charge in [0.15, 0.2) is 11.5 Å². The maximum Gasteiger partial charge on any atom is 0.265 e. The Morgan fingerprint density at radius 1 is 1.25 bits per heavy atom. The van der Waals surface area contributed by atoms with E-state index in [2.05, 4.69) is 5.32 Å². The minimum absolute atomic E-state index is 0.175. The van der Waals surface area contributed by atoms with Crippen molar-refractivity contribution in [2.45, 2.75) is 6.92 Å². The van der Waals surface area contributed by atoms with E-state index in [1.165, 1.54) is 11.3 Å². The van der Waals surface area contributed by atoms with Crippen molar-refractivity contribution < 1.29 is 14.3 Å². The molecule has 6 heteroatoms. The van der Waals surface area contributed by atoms with Gasteiger partial charge in [0.25, 0.3) is 5.91 Å². The number of ether oxygens (including phenoxy) is 2. The van der Waals surface area contributed by atoms with E-state index in [0.717, 1.165) is 4.88 Å². The highest BCUT2D eigenvalue weighted by Crippen LogP contribution is 2.33. The summed E-state index contributed by atoms with van der Waals surface area (Å²) in [6, 6.07) is 7.02. The summed E-state index contributed by atoms with van der Waals surface area (Å²) in [6.45, 7) is 2.96. The summed E-state index contributed by atoms with van der Waals surface area (Å²) in [5.41, 5.74) is 7.07. The van der Waals surface area contributed by atoms with Crippen molar-refractivity contribution in [1.29, 1.82) is 0 Å². The van der Waals surface area contributed by atoms with Crippen LogP contribution in [0.2, 0.25) is 0 Å². The van der Waals surface area contributed by atoms with Crippen LogP contribution in [0.5, 0.6) is 11.5 Å². The minimum atomic E-state index is -0.175. The van der Waals surface area contributed by atoms with Gasteiger partial charge in [-0.15, -0.1) is 11.3 Å². The van der Waals surface area contributed by atoms with Crippen LogP contribution in [-0.4, -0.2) is 19.1 Å². The summed E-state index contributed by atoms with van der Waals surface area (Å²) in [4.78, 5) is 13.7. The third-order valence-corrected chi connectivity index (χ3v) is 4.05. The van der Waals surface area contributed by atoms with Crippen molar-refractivity contribution in [3.8, 4) is 11.5 Å². The summed E-state index contributed by atoms with van der Waals surface area (Å²) in [5.74, 6) is 1.17. The maximum atomic E-state index is 12.1. The zero-order valence-corrected chi connectivity index (χ0v) is 11.8. The molecule has 1 amide bonds. The van der Waals surface area contributed by atoms with Crippen LogP contribution in [-0.2, 0) is 0 Å². The number of nitrogens with one attached hydrogen (secondary N) is 1. The molecular formula is C14H14N2O3S. The number of carbonyl (C=O) groups is 1. The average Bonchev–Trinajstić information content (AvgIpc) is 2.79. The molecule has 0 aliphatic carbocycles. The number of fused-ring (bicyclic) bond motifs is 1. The fraction of sp³-hybridized carbons (Fsp3) is 0.214. The first-order valence-electron chi connectivity index (χ1n) is 6.20. The van der Waals surface area contributed by atoms with E-state index in [1.807, 2.05) is 6.92 Å². The van der Waals surface area contributed by atoms with Crippen molar-refractivity contribution in [2.24, 2.45) is 0 Å². The zero-order valence-electron chi connectivity index (χ0n) is 10.9. The van der Waals surface area contributed by atoms with Gasteiger partial charge in [-0.25, -0.2) is 0 Å². The predicted molar refractivity (Wildman–Crippen MR) is 78.9 cm³/mol. The van der Waals surface area contributed by atoms with Crippen LogP contribution in [0.4, 0.5) is 11.4 Å². The van der Waals surface area contributed by atoms with Crippen LogP contribution >= 0.6 is 11.3 Å². The third-order valence-electron chi connectivity index (χ3n) is 2.98. The highest BCUT2D eigenvalue weighted by Gasteiger charge is 2.15. The fourth-order valence-corrected chi connectivity index (χ4v) is 2.76. The van der Waals surface area contributed by atoms with Crippen molar-refractivity contribution in [1.82, 2.24) is 0 Å². The van der Waals surface area contributed by atoms with Gasteiger partial charge in [0.05, 0.1) is 4.88 Å². The quantitative estimate of drug-likeness (QED) is 0.891. The van der Waals surface area contributed by atoms with Gasteiger partial charge in [0.2, 0.25) is 0 Å². The first-order valence-corrected chi connectivity index (χ1v) is 7.02. The number of rotatable bonds is 2. The molecule has 0 unspecified atom stereocenters. The Bertz CT molecular complexity index is 647. The number of nitrogens with two attached hydrogens (primary N) is 1. The monoisotopic (exact) mass is 290 g/mol. The van der Waals surface area contributed by atoms with E-state index >= 15 is 0 Å². The second-order valence-corrected chi connectivity index (χ2v) is 5.69. The topological polar surface area (TPSA) is 73.6 Å². The Balaban J connectivity index is 1.79. The lowest BCUT2D eigenvalue weighted by Crippen LogP contribution is -2.16. The summed E-state index contributed by atoms with van der Waals surface area (Å²) in [5, 5.41) is 2.83. The molecule has 0 atom stereocenters. The second kappa shape index (κ2) is 5.05. The molecule has 1 aromatic heterocycles. The van der Waals surface area contributed by atoms with Crippen LogP contribution in [0, 0.1) is 6.92 Å². The van der Waals surface area contributed by atoms with Gasteiger partial charge in [-0.3, -0.25) is 4.79 Å². The Hall–Kier alpha value is -2.21. The van der Waals surface area contributed by atoms with Crippen LogP contribution in [0.1, 0.15) is 14.5 Å². The molecule has 104 valence electrons. The molecule has 20 heavy (non-hydrogen) atoms. The van der Waals surface area contributed by atoms with Crippen molar-refractivity contribution in [2.75, 3.05) is 24.3 Å². The maximum absolute atomic E-state index is 12.1. The van der Waals surface area contributed by atoms with Crippen LogP contribution in [0.25, 0.3) is 0 Å². The van der Waals surface area contributed by atoms with Gasteiger partial charge in [-0.2, -0.15) is 0 Å². The molecule has 2 aromatic rings. The van der Waals surface area contributed by atoms with Crippen molar-refractivity contribution in [3.63, 3.8) is 0 Å². The summed E-state index contributed by atoms with van der Waals surface area (Å²) < 4.78 is 10.9. The summed E-state index contributed by atoms with van der Waals surface area (Å²) in [6.07, 6.45) is 0. The molecule has 2 heterocycles. The van der Waals surface area contributed by atoms with Gasteiger partial charge in [-0.1, -0.05) is 0 Å². The number of hydrogen-bond acceptors (Lipinski definition) is 5. The van der Waals surface area contributed by atoms with Gasteiger partial charge >= 0.3 is 0 Å². The number of thiophene rings is 1. The lowest BCUT2D eigenvalue weighted by molar-refractivity contribution is 0.103. The van der Waals surface area contributed by atoms with Gasteiger partial charge in [0.1, 0.15) is 13.2 Å². The van der Waals surface area contributed by atoms with Gasteiger partial charge < -0.3 is 20.5 Å². The van der Waals surface area contributed by atoms with Crippen LogP contribution < -0.4 is 20.5 Å². The standard InChI is InChI=1S/C14H14N2O3S/c1-8-10(15)7-13(20-8)14(17)16-9-2-3-11-12(6-9)19-5-4-18-11/h2-3,6-7H,4-5,15H2,1H3,(H,16,17). The Labute approximate surface area is 120 Å². The molecule has 0 spiro atoms. The number of aryl methyl sites for hydroxylation is 1. The SMILES string of the molecule is Cc1sc(C(=O)Nc2ccc3c(c2)OCCO3)cc1N. The molecular weight excluding hydrogens is 276 g/mol. The smallest absolute Gasteiger partial charge is 0.265 e. The van der Waals surface area contributed by atoms with E-state index in [4.69, 9.17) is 15.2 Å². The first-order chi connectivity index (χ1) is 9.63. The highest BCUT2D eigenvalue weighted by molar-refractivity contribution is 7.14. The van der Waals surface area contributed by atoms with E-state index in [1.54, 1.807) is 24.3 Å². The molecule has 0 saturated heterocycles. The minimum Gasteiger partial charge on any atom is -0.486 e. The molecule has 0 saturated carbocycles. The number of benzene rings is 1. The van der Waals surface area contributed by atoms with E-state index in [0.29, 0.717) is 41.0 Å². The van der Waals surface area contributed by atoms with Crippen LogP contribution in [0.15, 0.2) is 24.3 Å². The van der Waals surface area contributed by atoms with Crippen LogP contribution in [0.3, 0.4) is 0 Å². The first kappa shape index (κ1) is 12.8. The lowest BCUT2D eigenvalue weighted by atomic mass is 10.2. The molecule has 3 N–H and O–H groups in total.